The average molecular weight is 278 g/mol. The van der Waals surface area contributed by atoms with Crippen molar-refractivity contribution in [2.45, 2.75) is 6.42 Å². The van der Waals surface area contributed by atoms with Crippen molar-refractivity contribution in [3.8, 4) is 0 Å². The highest BCUT2D eigenvalue weighted by Gasteiger charge is 2.19. The summed E-state index contributed by atoms with van der Waals surface area (Å²) in [4.78, 5) is 36.1. The Morgan fingerprint density at radius 1 is 1.29 bits per heavy atom. The first-order chi connectivity index (χ1) is 7.91. The predicted octanol–water partition coefficient (Wildman–Crippen LogP) is 1.55. The first-order valence-corrected chi connectivity index (χ1v) is 4.93. The van der Waals surface area contributed by atoms with Gasteiger partial charge in [-0.15, -0.1) is 0 Å². The molecule has 1 N–H and O–H groups in total. The Morgan fingerprint density at radius 3 is 2.53 bits per heavy atom. The summed E-state index contributed by atoms with van der Waals surface area (Å²) in [6.07, 6.45) is 1.35. The van der Waals surface area contributed by atoms with E-state index in [1.54, 1.807) is 0 Å². The van der Waals surface area contributed by atoms with Crippen LogP contribution < -0.4 is 0 Å². The number of ether oxygens (including phenoxy) is 1. The van der Waals surface area contributed by atoms with Crippen molar-refractivity contribution in [1.82, 2.24) is 4.98 Å². The average Bonchev–Trinajstić information content (AvgIpc) is 2.20. The van der Waals surface area contributed by atoms with Crippen LogP contribution in [0.15, 0.2) is 12.4 Å². The van der Waals surface area contributed by atoms with Crippen LogP contribution in [0.2, 0.25) is 10.0 Å². The van der Waals surface area contributed by atoms with E-state index in [-0.39, 0.29) is 15.6 Å². The van der Waals surface area contributed by atoms with Crippen molar-refractivity contribution in [2.75, 3.05) is 0 Å². The molecule has 17 heavy (non-hydrogen) atoms. The lowest BCUT2D eigenvalue weighted by atomic mass is 10.3. The number of rotatable bonds is 3. The van der Waals surface area contributed by atoms with E-state index in [1.807, 2.05) is 0 Å². The number of carbonyl (C=O) groups excluding carboxylic acids is 2. The normalized spacial score (nSPS) is 9.76. The predicted molar refractivity (Wildman–Crippen MR) is 56.9 cm³/mol. The van der Waals surface area contributed by atoms with E-state index < -0.39 is 24.3 Å². The van der Waals surface area contributed by atoms with Crippen LogP contribution in [-0.2, 0) is 14.3 Å². The number of aliphatic carboxylic acids is 1. The molecular formula is C9H5Cl2NO5. The molecule has 0 amide bonds. The van der Waals surface area contributed by atoms with E-state index in [4.69, 9.17) is 28.3 Å². The van der Waals surface area contributed by atoms with E-state index in [0.717, 1.165) is 6.20 Å². The van der Waals surface area contributed by atoms with Crippen LogP contribution in [0.1, 0.15) is 16.8 Å². The topological polar surface area (TPSA) is 93.6 Å². The van der Waals surface area contributed by atoms with Gasteiger partial charge in [0.25, 0.3) is 0 Å². The number of halogens is 2. The molecule has 0 saturated carbocycles. The first-order valence-electron chi connectivity index (χ1n) is 4.17. The molecule has 0 aromatic carbocycles. The highest BCUT2D eigenvalue weighted by Crippen LogP contribution is 2.24. The lowest BCUT2D eigenvalue weighted by Gasteiger charge is -2.03. The highest BCUT2D eigenvalue weighted by atomic mass is 35.5. The largest absolute Gasteiger partial charge is 0.481 e. The van der Waals surface area contributed by atoms with Gasteiger partial charge < -0.3 is 9.84 Å². The summed E-state index contributed by atoms with van der Waals surface area (Å²) in [6.45, 7) is 0. The van der Waals surface area contributed by atoms with Gasteiger partial charge in [-0.2, -0.15) is 0 Å². The molecule has 1 aromatic rings. The molecule has 1 aromatic heterocycles. The molecule has 1 heterocycles. The second kappa shape index (κ2) is 5.60. The summed E-state index contributed by atoms with van der Waals surface area (Å²) in [7, 11) is 0. The molecule has 0 aliphatic heterocycles. The number of hydrogen-bond donors (Lipinski definition) is 1. The van der Waals surface area contributed by atoms with Crippen LogP contribution in [0, 0.1) is 0 Å². The summed E-state index contributed by atoms with van der Waals surface area (Å²) in [5, 5.41) is 8.20. The van der Waals surface area contributed by atoms with Gasteiger partial charge in [-0.25, -0.2) is 4.79 Å². The number of esters is 2. The number of carboxylic acid groups (broad SMARTS) is 1. The number of hydrogen-bond acceptors (Lipinski definition) is 5. The van der Waals surface area contributed by atoms with Gasteiger partial charge in [-0.3, -0.25) is 14.6 Å². The van der Waals surface area contributed by atoms with Crippen LogP contribution in [0.5, 0.6) is 0 Å². The number of carboxylic acids is 1. The molecule has 6 nitrogen and oxygen atoms in total. The zero-order valence-corrected chi connectivity index (χ0v) is 9.66. The third-order valence-electron chi connectivity index (χ3n) is 1.56. The van der Waals surface area contributed by atoms with Crippen LogP contribution >= 0.6 is 23.2 Å². The van der Waals surface area contributed by atoms with Gasteiger partial charge in [-0.05, 0) is 0 Å². The minimum Gasteiger partial charge on any atom is -0.481 e. The van der Waals surface area contributed by atoms with Crippen LogP contribution in [0.4, 0.5) is 0 Å². The smallest absolute Gasteiger partial charge is 0.348 e. The summed E-state index contributed by atoms with van der Waals surface area (Å²) in [5.41, 5.74) is -0.210. The molecule has 0 radical (unpaired) electrons. The summed E-state index contributed by atoms with van der Waals surface area (Å²) in [6, 6.07) is 0. The molecule has 0 fully saturated rings. The van der Waals surface area contributed by atoms with Gasteiger partial charge in [0.15, 0.2) is 0 Å². The molecular weight excluding hydrogens is 273 g/mol. The Hall–Kier alpha value is -1.66. The van der Waals surface area contributed by atoms with Gasteiger partial charge in [0.2, 0.25) is 0 Å². The molecule has 0 saturated heterocycles. The van der Waals surface area contributed by atoms with Crippen LogP contribution in [0.3, 0.4) is 0 Å². The fraction of sp³-hybridized carbons (Fsp3) is 0.111. The number of aromatic nitrogens is 1. The Balaban J connectivity index is 2.80. The van der Waals surface area contributed by atoms with E-state index in [9.17, 15) is 14.4 Å². The van der Waals surface area contributed by atoms with Gasteiger partial charge >= 0.3 is 17.9 Å². The van der Waals surface area contributed by atoms with E-state index in [2.05, 4.69) is 9.72 Å². The monoisotopic (exact) mass is 277 g/mol. The van der Waals surface area contributed by atoms with Crippen LogP contribution in [-0.4, -0.2) is 28.0 Å². The highest BCUT2D eigenvalue weighted by molar-refractivity contribution is 6.43. The third kappa shape index (κ3) is 3.69. The maximum Gasteiger partial charge on any atom is 0.348 e. The number of pyridine rings is 1. The minimum atomic E-state index is -1.40. The Morgan fingerprint density at radius 2 is 1.94 bits per heavy atom. The molecule has 0 bridgehead atoms. The van der Waals surface area contributed by atoms with Crippen molar-refractivity contribution >= 4 is 41.1 Å². The van der Waals surface area contributed by atoms with Crippen molar-refractivity contribution < 1.29 is 24.2 Å². The quantitative estimate of drug-likeness (QED) is 0.665. The van der Waals surface area contributed by atoms with Crippen molar-refractivity contribution in [3.05, 3.63) is 28.0 Å². The SMILES string of the molecule is O=C(O)CC(=O)OC(=O)c1cncc(Cl)c1Cl. The molecule has 1 rings (SSSR count). The minimum absolute atomic E-state index is 0.0202. The molecule has 0 spiro atoms. The first kappa shape index (κ1) is 13.4. The molecule has 0 aliphatic rings. The second-order valence-corrected chi connectivity index (χ2v) is 3.60. The summed E-state index contributed by atoms with van der Waals surface area (Å²) in [5.74, 6) is -3.70. The van der Waals surface area contributed by atoms with Crippen LogP contribution in [0.25, 0.3) is 0 Å². The van der Waals surface area contributed by atoms with Gasteiger partial charge in [-0.1, -0.05) is 23.2 Å². The van der Waals surface area contributed by atoms with Gasteiger partial charge in [0.1, 0.15) is 6.42 Å². The zero-order chi connectivity index (χ0) is 13.0. The Bertz CT molecular complexity index is 488. The molecule has 0 unspecified atom stereocenters. The van der Waals surface area contributed by atoms with Crippen molar-refractivity contribution in [3.63, 3.8) is 0 Å². The summed E-state index contributed by atoms with van der Waals surface area (Å²) >= 11 is 11.3. The van der Waals surface area contributed by atoms with Gasteiger partial charge in [0, 0.05) is 12.4 Å². The fourth-order valence-corrected chi connectivity index (χ4v) is 1.21. The Kier molecular flexibility index (Phi) is 4.42. The van der Waals surface area contributed by atoms with Crippen molar-refractivity contribution in [1.29, 1.82) is 0 Å². The Labute approximate surface area is 105 Å². The fourth-order valence-electron chi connectivity index (χ4n) is 0.879. The molecule has 90 valence electrons. The number of nitrogens with zero attached hydrogens (tertiary/aromatic N) is 1. The zero-order valence-electron chi connectivity index (χ0n) is 8.15. The third-order valence-corrected chi connectivity index (χ3v) is 2.35. The molecule has 0 aliphatic carbocycles. The van der Waals surface area contributed by atoms with E-state index in [1.165, 1.54) is 6.20 Å². The molecule has 0 atom stereocenters. The van der Waals surface area contributed by atoms with Crippen molar-refractivity contribution in [2.24, 2.45) is 0 Å². The maximum atomic E-state index is 11.4. The van der Waals surface area contributed by atoms with E-state index >= 15 is 0 Å². The standard InChI is InChI=1S/C9H5Cl2NO5/c10-5-3-12-2-4(8(5)11)9(16)17-7(15)1-6(13)14/h2-3H,1H2,(H,13,14). The maximum absolute atomic E-state index is 11.4. The van der Waals surface area contributed by atoms with E-state index in [0.29, 0.717) is 0 Å². The second-order valence-electron chi connectivity index (χ2n) is 2.81. The lowest BCUT2D eigenvalue weighted by Crippen LogP contribution is -2.16. The lowest BCUT2D eigenvalue weighted by molar-refractivity contribution is -0.147. The molecule has 8 heteroatoms. The number of carbonyl (C=O) groups is 3. The van der Waals surface area contributed by atoms with Gasteiger partial charge in [0.05, 0.1) is 15.6 Å². The summed E-state index contributed by atoms with van der Waals surface area (Å²) < 4.78 is 4.24.